The smallest absolute Gasteiger partial charge is 0.188 e. The second-order valence-electron chi connectivity index (χ2n) is 2.22. The molecule has 0 amide bonds. The Morgan fingerprint density at radius 1 is 1.31 bits per heavy atom. The second kappa shape index (κ2) is 5.24. The molecule has 0 fully saturated rings. The van der Waals surface area contributed by atoms with Crippen molar-refractivity contribution in [2.24, 2.45) is 0 Å². The number of ether oxygens (including phenoxy) is 2. The van der Waals surface area contributed by atoms with Crippen molar-refractivity contribution in [3.05, 3.63) is 25.7 Å². The van der Waals surface area contributed by atoms with Crippen molar-refractivity contribution in [1.82, 2.24) is 0 Å². The van der Waals surface area contributed by atoms with E-state index in [9.17, 15) is 0 Å². The van der Waals surface area contributed by atoms with E-state index in [1.807, 2.05) is 0 Å². The topological polar surface area (TPSA) is 18.5 Å². The summed E-state index contributed by atoms with van der Waals surface area (Å²) in [6.45, 7) is 0.163. The third kappa shape index (κ3) is 2.87. The van der Waals surface area contributed by atoms with Crippen LogP contribution in [-0.4, -0.2) is 13.9 Å². The van der Waals surface area contributed by atoms with Crippen LogP contribution in [0.2, 0.25) is 10.0 Å². The Morgan fingerprint density at radius 2 is 1.92 bits per heavy atom. The highest BCUT2D eigenvalue weighted by molar-refractivity contribution is 14.1. The quantitative estimate of drug-likeness (QED) is 0.478. The van der Waals surface area contributed by atoms with Crippen molar-refractivity contribution >= 4 is 45.8 Å². The number of hydrogen-bond donors (Lipinski definition) is 0. The Balaban J connectivity index is 2.96. The van der Waals surface area contributed by atoms with Gasteiger partial charge in [-0.2, -0.15) is 0 Å². The molecule has 13 heavy (non-hydrogen) atoms. The molecule has 0 heterocycles. The molecule has 0 aliphatic heterocycles. The van der Waals surface area contributed by atoms with E-state index < -0.39 is 0 Å². The summed E-state index contributed by atoms with van der Waals surface area (Å²) in [5, 5.41) is 1.15. The van der Waals surface area contributed by atoms with Gasteiger partial charge < -0.3 is 9.47 Å². The van der Waals surface area contributed by atoms with Gasteiger partial charge in [-0.25, -0.2) is 0 Å². The molecule has 0 atom stereocenters. The lowest BCUT2D eigenvalue weighted by atomic mass is 10.3. The molecule has 0 N–H and O–H groups in total. The fraction of sp³-hybridized carbons (Fsp3) is 0.250. The fourth-order valence-corrected chi connectivity index (χ4v) is 1.90. The maximum Gasteiger partial charge on any atom is 0.188 e. The lowest BCUT2D eigenvalue weighted by Gasteiger charge is -2.09. The van der Waals surface area contributed by atoms with Crippen LogP contribution in [0.15, 0.2) is 12.1 Å². The predicted molar refractivity (Wildman–Crippen MR) is 61.7 cm³/mol. The highest BCUT2D eigenvalue weighted by Gasteiger charge is 2.09. The van der Waals surface area contributed by atoms with Gasteiger partial charge in [0.15, 0.2) is 12.5 Å². The van der Waals surface area contributed by atoms with Gasteiger partial charge in [0.25, 0.3) is 0 Å². The van der Waals surface area contributed by atoms with Gasteiger partial charge in [-0.05, 0) is 34.7 Å². The number of hydrogen-bond acceptors (Lipinski definition) is 2. The molecule has 0 bridgehead atoms. The number of benzene rings is 1. The zero-order valence-corrected chi connectivity index (χ0v) is 10.5. The van der Waals surface area contributed by atoms with Crippen LogP contribution in [0.25, 0.3) is 0 Å². The summed E-state index contributed by atoms with van der Waals surface area (Å²) >= 11 is 13.8. The minimum Gasteiger partial charge on any atom is -0.465 e. The Hall–Kier alpha value is 0.290. The third-order valence-corrected chi connectivity index (χ3v) is 3.33. The van der Waals surface area contributed by atoms with Crippen LogP contribution in [0, 0.1) is 3.57 Å². The van der Waals surface area contributed by atoms with Gasteiger partial charge in [-0.1, -0.05) is 23.2 Å². The van der Waals surface area contributed by atoms with E-state index in [1.165, 1.54) is 0 Å². The first kappa shape index (κ1) is 11.4. The van der Waals surface area contributed by atoms with E-state index in [2.05, 4.69) is 22.6 Å². The first-order valence-corrected chi connectivity index (χ1v) is 5.25. The molecule has 0 aromatic heterocycles. The SMILES string of the molecule is COCOc1c(Cl)ccc(Cl)c1I. The number of halogens is 3. The van der Waals surface area contributed by atoms with Gasteiger partial charge in [0.05, 0.1) is 13.6 Å². The Labute approximate surface area is 100 Å². The maximum atomic E-state index is 5.89. The molecular weight excluding hydrogens is 326 g/mol. The molecule has 0 aliphatic rings. The largest absolute Gasteiger partial charge is 0.465 e. The second-order valence-corrected chi connectivity index (χ2v) is 4.12. The monoisotopic (exact) mass is 332 g/mol. The van der Waals surface area contributed by atoms with Crippen molar-refractivity contribution in [2.45, 2.75) is 0 Å². The van der Waals surface area contributed by atoms with Crippen molar-refractivity contribution in [2.75, 3.05) is 13.9 Å². The molecule has 0 saturated carbocycles. The predicted octanol–water partition coefficient (Wildman–Crippen LogP) is 3.58. The standard InChI is InChI=1S/C8H7Cl2IO2/c1-12-4-13-8-6(10)3-2-5(9)7(8)11/h2-3H,4H2,1H3. The van der Waals surface area contributed by atoms with E-state index in [1.54, 1.807) is 19.2 Å². The third-order valence-electron chi connectivity index (χ3n) is 1.32. The number of rotatable bonds is 3. The molecule has 0 saturated heterocycles. The fourth-order valence-electron chi connectivity index (χ4n) is 0.759. The van der Waals surface area contributed by atoms with E-state index in [4.69, 9.17) is 32.7 Å². The van der Waals surface area contributed by atoms with Crippen LogP contribution in [0.3, 0.4) is 0 Å². The first-order chi connectivity index (χ1) is 6.16. The van der Waals surface area contributed by atoms with E-state index in [-0.39, 0.29) is 6.79 Å². The van der Waals surface area contributed by atoms with Gasteiger partial charge in [0.1, 0.15) is 0 Å². The summed E-state index contributed by atoms with van der Waals surface area (Å²) in [6, 6.07) is 3.42. The average molecular weight is 333 g/mol. The van der Waals surface area contributed by atoms with Crippen molar-refractivity contribution < 1.29 is 9.47 Å². The Bertz CT molecular complexity index is 304. The summed E-state index contributed by atoms with van der Waals surface area (Å²) in [4.78, 5) is 0. The first-order valence-electron chi connectivity index (χ1n) is 3.42. The highest BCUT2D eigenvalue weighted by atomic mass is 127. The van der Waals surface area contributed by atoms with Crippen molar-refractivity contribution in [1.29, 1.82) is 0 Å². The van der Waals surface area contributed by atoms with E-state index in [0.29, 0.717) is 15.8 Å². The van der Waals surface area contributed by atoms with Crippen LogP contribution in [0.5, 0.6) is 5.75 Å². The van der Waals surface area contributed by atoms with Gasteiger partial charge in [0.2, 0.25) is 0 Å². The molecule has 0 unspecified atom stereocenters. The van der Waals surface area contributed by atoms with Crippen LogP contribution in [0.4, 0.5) is 0 Å². The zero-order valence-electron chi connectivity index (χ0n) is 6.81. The summed E-state index contributed by atoms with van der Waals surface area (Å²) in [7, 11) is 1.55. The Morgan fingerprint density at radius 3 is 2.54 bits per heavy atom. The summed E-state index contributed by atoms with van der Waals surface area (Å²) in [5.41, 5.74) is 0. The molecule has 1 aromatic rings. The minimum absolute atomic E-state index is 0.163. The van der Waals surface area contributed by atoms with Gasteiger partial charge in [-0.3, -0.25) is 0 Å². The van der Waals surface area contributed by atoms with E-state index >= 15 is 0 Å². The van der Waals surface area contributed by atoms with Gasteiger partial charge >= 0.3 is 0 Å². The zero-order chi connectivity index (χ0) is 9.84. The van der Waals surface area contributed by atoms with Crippen LogP contribution < -0.4 is 4.74 Å². The van der Waals surface area contributed by atoms with Gasteiger partial charge in [-0.15, -0.1) is 0 Å². The van der Waals surface area contributed by atoms with Crippen LogP contribution >= 0.6 is 45.8 Å². The Kier molecular flexibility index (Phi) is 4.58. The maximum absolute atomic E-state index is 5.89. The molecule has 0 aliphatic carbocycles. The average Bonchev–Trinajstić information content (AvgIpc) is 2.12. The van der Waals surface area contributed by atoms with Crippen molar-refractivity contribution in [3.8, 4) is 5.75 Å². The molecule has 5 heteroatoms. The van der Waals surface area contributed by atoms with E-state index in [0.717, 1.165) is 3.57 Å². The highest BCUT2D eigenvalue weighted by Crippen LogP contribution is 2.34. The summed E-state index contributed by atoms with van der Waals surface area (Å²) in [5.74, 6) is 0.566. The lowest BCUT2D eigenvalue weighted by Crippen LogP contribution is -2.01. The minimum atomic E-state index is 0.163. The molecule has 0 spiro atoms. The molecular formula is C8H7Cl2IO2. The van der Waals surface area contributed by atoms with Gasteiger partial charge in [0, 0.05) is 7.11 Å². The molecule has 1 aromatic carbocycles. The normalized spacial score (nSPS) is 10.2. The van der Waals surface area contributed by atoms with Crippen molar-refractivity contribution in [3.63, 3.8) is 0 Å². The summed E-state index contributed by atoms with van der Waals surface area (Å²) < 4.78 is 10.8. The molecule has 2 nitrogen and oxygen atoms in total. The molecule has 1 rings (SSSR count). The lowest BCUT2D eigenvalue weighted by molar-refractivity contribution is 0.0506. The summed E-state index contributed by atoms with van der Waals surface area (Å²) in [6.07, 6.45) is 0. The number of methoxy groups -OCH3 is 1. The van der Waals surface area contributed by atoms with Crippen LogP contribution in [-0.2, 0) is 4.74 Å². The molecule has 72 valence electrons. The van der Waals surface area contributed by atoms with Crippen LogP contribution in [0.1, 0.15) is 0 Å². The molecule has 0 radical (unpaired) electrons.